The van der Waals surface area contributed by atoms with Crippen molar-refractivity contribution in [3.8, 4) is 0 Å². The highest BCUT2D eigenvalue weighted by molar-refractivity contribution is 5.75. The summed E-state index contributed by atoms with van der Waals surface area (Å²) in [5, 5.41) is 0. The van der Waals surface area contributed by atoms with Crippen LogP contribution < -0.4 is 0 Å². The van der Waals surface area contributed by atoms with Gasteiger partial charge in [0, 0.05) is 19.3 Å². The molecule has 0 bridgehead atoms. The summed E-state index contributed by atoms with van der Waals surface area (Å²) < 4.78 is 0. The predicted octanol–water partition coefficient (Wildman–Crippen LogP) is 3.18. The van der Waals surface area contributed by atoms with Crippen LogP contribution in [-0.2, 0) is 0 Å². The Morgan fingerprint density at radius 1 is 1.20 bits per heavy atom. The highest BCUT2D eigenvalue weighted by atomic mass is 15.3. The molecule has 0 amide bonds. The highest BCUT2D eigenvalue weighted by Crippen LogP contribution is 2.31. The van der Waals surface area contributed by atoms with Gasteiger partial charge in [0.1, 0.15) is 5.66 Å². The molecule has 0 aromatic rings. The summed E-state index contributed by atoms with van der Waals surface area (Å²) in [4.78, 5) is 9.85. The average molecular weight is 277 g/mol. The molecule has 0 N–H and O–H groups in total. The molecule has 0 radical (unpaired) electrons. The summed E-state index contributed by atoms with van der Waals surface area (Å²) in [6.07, 6.45) is 11.5. The lowest BCUT2D eigenvalue weighted by molar-refractivity contribution is 0.0817. The first-order chi connectivity index (χ1) is 9.74. The third-order valence-electron chi connectivity index (χ3n) is 5.18. The van der Waals surface area contributed by atoms with E-state index in [1.165, 1.54) is 52.0 Å². The van der Waals surface area contributed by atoms with E-state index in [9.17, 15) is 0 Å². The normalized spacial score (nSPS) is 27.8. The van der Waals surface area contributed by atoms with Gasteiger partial charge in [0.15, 0.2) is 0 Å². The van der Waals surface area contributed by atoms with E-state index in [1.807, 2.05) is 6.21 Å². The van der Waals surface area contributed by atoms with Crippen LogP contribution in [0, 0.1) is 5.92 Å². The van der Waals surface area contributed by atoms with E-state index in [0.29, 0.717) is 0 Å². The van der Waals surface area contributed by atoms with Gasteiger partial charge in [-0.3, -0.25) is 9.89 Å². The predicted molar refractivity (Wildman–Crippen MR) is 87.4 cm³/mol. The summed E-state index contributed by atoms with van der Waals surface area (Å²) in [5.41, 5.74) is -0.0101. The van der Waals surface area contributed by atoms with Gasteiger partial charge < -0.3 is 4.90 Å². The maximum Gasteiger partial charge on any atom is 0.131 e. The molecule has 2 aliphatic heterocycles. The van der Waals surface area contributed by atoms with Crippen molar-refractivity contribution in [1.82, 2.24) is 9.80 Å². The summed E-state index contributed by atoms with van der Waals surface area (Å²) in [7, 11) is 0. The molecule has 20 heavy (non-hydrogen) atoms. The molecule has 2 aliphatic rings. The van der Waals surface area contributed by atoms with Crippen LogP contribution in [0.15, 0.2) is 17.1 Å². The van der Waals surface area contributed by atoms with Gasteiger partial charge in [-0.2, -0.15) is 0 Å². The second-order valence-corrected chi connectivity index (χ2v) is 6.12. The van der Waals surface area contributed by atoms with Gasteiger partial charge in [0.25, 0.3) is 0 Å². The summed E-state index contributed by atoms with van der Waals surface area (Å²) >= 11 is 0. The first-order valence-corrected chi connectivity index (χ1v) is 8.44. The zero-order valence-corrected chi connectivity index (χ0v) is 13.5. The van der Waals surface area contributed by atoms with Crippen molar-refractivity contribution in [2.45, 2.75) is 52.1 Å². The molecule has 0 aromatic carbocycles. The highest BCUT2D eigenvalue weighted by Gasteiger charge is 2.35. The van der Waals surface area contributed by atoms with Gasteiger partial charge in [-0.1, -0.05) is 20.8 Å². The number of nitrogens with zero attached hydrogens (tertiary/aromatic N) is 3. The first-order valence-electron chi connectivity index (χ1n) is 8.44. The Labute approximate surface area is 124 Å². The Kier molecular flexibility index (Phi) is 5.79. The maximum atomic E-state index is 4.72. The summed E-state index contributed by atoms with van der Waals surface area (Å²) in [6.45, 7) is 12.8. The molecule has 2 rings (SSSR count). The minimum Gasteiger partial charge on any atom is -0.304 e. The van der Waals surface area contributed by atoms with Crippen molar-refractivity contribution in [3.05, 3.63) is 12.2 Å². The van der Waals surface area contributed by atoms with E-state index in [1.54, 1.807) is 0 Å². The smallest absolute Gasteiger partial charge is 0.131 e. The molecule has 0 aliphatic carbocycles. The van der Waals surface area contributed by atoms with Gasteiger partial charge in [-0.15, -0.1) is 0 Å². The number of likely N-dealkylation sites (tertiary alicyclic amines) is 1. The Bertz CT molecular complexity index is 324. The van der Waals surface area contributed by atoms with Crippen molar-refractivity contribution in [2.24, 2.45) is 10.9 Å². The zero-order valence-electron chi connectivity index (χ0n) is 13.5. The molecule has 1 unspecified atom stereocenters. The maximum absolute atomic E-state index is 4.72. The zero-order chi connectivity index (χ0) is 14.4. The van der Waals surface area contributed by atoms with Gasteiger partial charge in [0.05, 0.1) is 0 Å². The van der Waals surface area contributed by atoms with Crippen LogP contribution in [0.1, 0.15) is 46.5 Å². The number of hydrogen-bond donors (Lipinski definition) is 0. The fraction of sp³-hybridized carbons (Fsp3) is 0.824. The van der Waals surface area contributed by atoms with Crippen molar-refractivity contribution in [3.63, 3.8) is 0 Å². The van der Waals surface area contributed by atoms with Gasteiger partial charge in [-0.25, -0.2) is 0 Å². The molecule has 1 atom stereocenters. The van der Waals surface area contributed by atoms with Crippen LogP contribution in [0.2, 0.25) is 0 Å². The van der Waals surface area contributed by atoms with Crippen LogP contribution in [0.25, 0.3) is 0 Å². The Morgan fingerprint density at radius 3 is 2.40 bits per heavy atom. The SMILES string of the molecule is CCN(CC)CCC1CCN(C2(CC)C=CC=N2)CC1. The molecule has 114 valence electrons. The Balaban J connectivity index is 1.78. The third-order valence-corrected chi connectivity index (χ3v) is 5.18. The molecular formula is C17H31N3. The molecule has 1 saturated heterocycles. The van der Waals surface area contributed by atoms with Crippen molar-refractivity contribution in [2.75, 3.05) is 32.7 Å². The fourth-order valence-corrected chi connectivity index (χ4v) is 3.55. The second kappa shape index (κ2) is 7.37. The lowest BCUT2D eigenvalue weighted by Crippen LogP contribution is -2.48. The first kappa shape index (κ1) is 15.7. The lowest BCUT2D eigenvalue weighted by atomic mass is 9.91. The van der Waals surface area contributed by atoms with E-state index in [4.69, 9.17) is 4.99 Å². The lowest BCUT2D eigenvalue weighted by Gasteiger charge is -2.42. The van der Waals surface area contributed by atoms with E-state index in [-0.39, 0.29) is 5.66 Å². The van der Waals surface area contributed by atoms with Crippen LogP contribution in [-0.4, -0.2) is 54.4 Å². The molecule has 2 heterocycles. The topological polar surface area (TPSA) is 18.8 Å². The summed E-state index contributed by atoms with van der Waals surface area (Å²) in [6, 6.07) is 0. The van der Waals surface area contributed by atoms with Gasteiger partial charge in [-0.05, 0) is 63.4 Å². The fourth-order valence-electron chi connectivity index (χ4n) is 3.55. The molecular weight excluding hydrogens is 246 g/mol. The second-order valence-electron chi connectivity index (χ2n) is 6.12. The molecule has 3 nitrogen and oxygen atoms in total. The van der Waals surface area contributed by atoms with E-state index < -0.39 is 0 Å². The number of hydrogen-bond acceptors (Lipinski definition) is 3. The molecule has 0 spiro atoms. The third kappa shape index (κ3) is 3.50. The summed E-state index contributed by atoms with van der Waals surface area (Å²) in [5.74, 6) is 0.912. The van der Waals surface area contributed by atoms with Crippen molar-refractivity contribution in [1.29, 1.82) is 0 Å². The Morgan fingerprint density at radius 2 is 1.90 bits per heavy atom. The van der Waals surface area contributed by atoms with Crippen LogP contribution in [0.4, 0.5) is 0 Å². The average Bonchev–Trinajstić information content (AvgIpc) is 2.99. The van der Waals surface area contributed by atoms with Gasteiger partial charge in [0.2, 0.25) is 0 Å². The number of rotatable bonds is 7. The molecule has 0 saturated carbocycles. The number of piperidine rings is 1. The van der Waals surface area contributed by atoms with Crippen LogP contribution in [0.5, 0.6) is 0 Å². The van der Waals surface area contributed by atoms with E-state index in [2.05, 4.69) is 42.7 Å². The van der Waals surface area contributed by atoms with E-state index in [0.717, 1.165) is 12.3 Å². The quantitative estimate of drug-likeness (QED) is 0.712. The monoisotopic (exact) mass is 277 g/mol. The molecule has 0 aromatic heterocycles. The molecule has 3 heteroatoms. The molecule has 1 fully saturated rings. The van der Waals surface area contributed by atoms with Crippen molar-refractivity contribution >= 4 is 6.21 Å². The van der Waals surface area contributed by atoms with Crippen LogP contribution in [0.3, 0.4) is 0 Å². The minimum atomic E-state index is -0.0101. The Hall–Kier alpha value is -0.670. The van der Waals surface area contributed by atoms with Gasteiger partial charge >= 0.3 is 0 Å². The minimum absolute atomic E-state index is 0.0101. The largest absolute Gasteiger partial charge is 0.304 e. The number of aliphatic imine (C=N–C) groups is 1. The van der Waals surface area contributed by atoms with E-state index >= 15 is 0 Å². The van der Waals surface area contributed by atoms with Crippen molar-refractivity contribution < 1.29 is 0 Å². The van der Waals surface area contributed by atoms with Crippen LogP contribution >= 0.6 is 0 Å². The number of allylic oxidation sites excluding steroid dienone is 1. The standard InChI is InChI=1S/C17H31N3/c1-4-17(11-7-12-18-17)20-14-9-16(10-15-20)8-13-19(5-2)6-3/h7,11-12,16H,4-6,8-10,13-15H2,1-3H3.